The first-order chi connectivity index (χ1) is 17.3. The van der Waals surface area contributed by atoms with Gasteiger partial charge in [0.15, 0.2) is 29.8 Å². The Morgan fingerprint density at radius 1 is 1.28 bits per heavy atom. The van der Waals surface area contributed by atoms with E-state index < -0.39 is 18.0 Å². The summed E-state index contributed by atoms with van der Waals surface area (Å²) in [7, 11) is 1.56. The lowest BCUT2D eigenvalue weighted by atomic mass is 10.2. The van der Waals surface area contributed by atoms with E-state index >= 15 is 0 Å². The van der Waals surface area contributed by atoms with E-state index in [1.165, 1.54) is 27.8 Å². The molecule has 2 aromatic heterocycles. The molecule has 36 heavy (non-hydrogen) atoms. The molecule has 12 nitrogen and oxygen atoms in total. The number of benzene rings is 1. The number of fused-ring (bicyclic) bond motifs is 2. The fourth-order valence-electron chi connectivity index (χ4n) is 3.97. The third-order valence-corrected chi connectivity index (χ3v) is 5.83. The number of hydrogen-bond donors (Lipinski definition) is 2. The van der Waals surface area contributed by atoms with Crippen LogP contribution in [-0.2, 0) is 16.6 Å². The van der Waals surface area contributed by atoms with E-state index in [9.17, 15) is 18.8 Å². The predicted octanol–water partition coefficient (Wildman–Crippen LogP) is 1.18. The number of anilines is 2. The molecule has 2 atom stereocenters. The standard InChI is InChI=1S/C23H23FN6O6/c1-12(10-34-20-15(24)5-3-13-4-6-18(32)29(2)19(13)20)25-7-14-9-30(23(33)36-14)16-8-26-22-21(27-16)28-17(31)11-35-22/h3-6,8,12,14,25H,7,9-11H2,1-2H3,(H,27,28,31)/t12?,14-/m0/s1. The van der Waals surface area contributed by atoms with E-state index in [0.717, 1.165) is 0 Å². The maximum Gasteiger partial charge on any atom is 0.416 e. The number of carbonyl (C=O) groups is 2. The Bertz CT molecular complexity index is 1410. The summed E-state index contributed by atoms with van der Waals surface area (Å²) in [5, 5.41) is 6.44. The largest absolute Gasteiger partial charge is 0.487 e. The van der Waals surface area contributed by atoms with Gasteiger partial charge in [-0.15, -0.1) is 0 Å². The molecule has 1 unspecified atom stereocenters. The van der Waals surface area contributed by atoms with Gasteiger partial charge in [0.2, 0.25) is 0 Å². The number of nitrogens with one attached hydrogen (secondary N) is 2. The fraction of sp³-hybridized carbons (Fsp3) is 0.348. The topological polar surface area (TPSA) is 137 Å². The van der Waals surface area contributed by atoms with Gasteiger partial charge in [-0.2, -0.15) is 0 Å². The summed E-state index contributed by atoms with van der Waals surface area (Å²) >= 11 is 0. The Balaban J connectivity index is 1.19. The summed E-state index contributed by atoms with van der Waals surface area (Å²) in [5.41, 5.74) is 0.109. The SMILES string of the molecule is CC(COc1c(F)ccc2ccc(=O)n(C)c12)NC[C@H]1CN(c2cnc3c(n2)NC(=O)CO3)C(=O)O1. The molecule has 188 valence electrons. The van der Waals surface area contributed by atoms with Crippen molar-refractivity contribution in [2.75, 3.05) is 36.5 Å². The molecule has 0 aliphatic carbocycles. The molecule has 0 spiro atoms. The number of cyclic esters (lactones) is 1. The highest BCUT2D eigenvalue weighted by Crippen LogP contribution is 2.29. The fourth-order valence-corrected chi connectivity index (χ4v) is 3.97. The summed E-state index contributed by atoms with van der Waals surface area (Å²) in [6.45, 7) is 2.32. The van der Waals surface area contributed by atoms with E-state index in [-0.39, 0.29) is 60.5 Å². The van der Waals surface area contributed by atoms with E-state index in [2.05, 4.69) is 20.6 Å². The van der Waals surface area contributed by atoms with Gasteiger partial charge in [0.05, 0.1) is 18.3 Å². The molecule has 5 rings (SSSR count). The number of aromatic nitrogens is 3. The molecule has 4 heterocycles. The van der Waals surface area contributed by atoms with Crippen LogP contribution in [0.4, 0.5) is 20.8 Å². The van der Waals surface area contributed by atoms with Crippen LogP contribution in [0.3, 0.4) is 0 Å². The zero-order valence-electron chi connectivity index (χ0n) is 19.5. The maximum absolute atomic E-state index is 14.5. The van der Waals surface area contributed by atoms with Crippen LogP contribution in [-0.4, -0.2) is 65.0 Å². The Kier molecular flexibility index (Phi) is 6.14. The highest BCUT2D eigenvalue weighted by molar-refractivity contribution is 5.94. The molecule has 1 fully saturated rings. The zero-order chi connectivity index (χ0) is 25.4. The molecule has 0 radical (unpaired) electrons. The summed E-state index contributed by atoms with van der Waals surface area (Å²) in [4.78, 5) is 45.6. The minimum atomic E-state index is -0.596. The van der Waals surface area contributed by atoms with Gasteiger partial charge in [0.1, 0.15) is 12.7 Å². The molecule has 13 heteroatoms. The Morgan fingerprint density at radius 2 is 2.08 bits per heavy atom. The average molecular weight is 498 g/mol. The van der Waals surface area contributed by atoms with E-state index in [1.54, 1.807) is 19.2 Å². The van der Waals surface area contributed by atoms with E-state index in [1.807, 2.05) is 6.92 Å². The van der Waals surface area contributed by atoms with Gasteiger partial charge in [-0.3, -0.25) is 14.5 Å². The van der Waals surface area contributed by atoms with Crippen molar-refractivity contribution in [3.05, 3.63) is 46.6 Å². The van der Waals surface area contributed by atoms with Gasteiger partial charge >= 0.3 is 6.09 Å². The first kappa shape index (κ1) is 23.5. The Hall–Kier alpha value is -4.26. The van der Waals surface area contributed by atoms with Gasteiger partial charge in [0.25, 0.3) is 17.3 Å². The molecule has 2 N–H and O–H groups in total. The van der Waals surface area contributed by atoms with Crippen molar-refractivity contribution in [1.29, 1.82) is 0 Å². The van der Waals surface area contributed by atoms with Gasteiger partial charge < -0.3 is 29.4 Å². The van der Waals surface area contributed by atoms with Crippen LogP contribution in [0.2, 0.25) is 0 Å². The number of hydrogen-bond acceptors (Lipinski definition) is 9. The smallest absolute Gasteiger partial charge is 0.416 e. The Morgan fingerprint density at radius 3 is 2.92 bits per heavy atom. The lowest BCUT2D eigenvalue weighted by molar-refractivity contribution is -0.118. The van der Waals surface area contributed by atoms with E-state index in [4.69, 9.17) is 14.2 Å². The third-order valence-electron chi connectivity index (χ3n) is 5.83. The normalized spacial score (nSPS) is 17.9. The number of rotatable bonds is 7. The summed E-state index contributed by atoms with van der Waals surface area (Å²) in [6.07, 6.45) is 0.288. The van der Waals surface area contributed by atoms with Crippen molar-refractivity contribution in [1.82, 2.24) is 19.9 Å². The second-order valence-corrected chi connectivity index (χ2v) is 8.50. The quantitative estimate of drug-likeness (QED) is 0.492. The van der Waals surface area contributed by atoms with Crippen LogP contribution in [0.1, 0.15) is 6.92 Å². The van der Waals surface area contributed by atoms with Gasteiger partial charge in [-0.25, -0.2) is 19.2 Å². The van der Waals surface area contributed by atoms with Crippen LogP contribution >= 0.6 is 0 Å². The van der Waals surface area contributed by atoms with Crippen molar-refractivity contribution in [2.24, 2.45) is 7.05 Å². The first-order valence-electron chi connectivity index (χ1n) is 11.2. The molecule has 1 aromatic carbocycles. The minimum absolute atomic E-state index is 0.00174. The number of amides is 2. The monoisotopic (exact) mass is 498 g/mol. The summed E-state index contributed by atoms with van der Waals surface area (Å²) in [6, 6.07) is 5.70. The van der Waals surface area contributed by atoms with Crippen LogP contribution in [0.15, 0.2) is 35.3 Å². The van der Waals surface area contributed by atoms with Gasteiger partial charge in [0, 0.05) is 31.1 Å². The Labute approximate surface area is 204 Å². The molecule has 0 saturated carbocycles. The average Bonchev–Trinajstić information content (AvgIpc) is 3.24. The van der Waals surface area contributed by atoms with Gasteiger partial charge in [-0.05, 0) is 25.1 Å². The molecule has 1 saturated heterocycles. The minimum Gasteiger partial charge on any atom is -0.487 e. The molecule has 2 aliphatic heterocycles. The number of nitrogens with zero attached hydrogens (tertiary/aromatic N) is 4. The number of aryl methyl sites for hydroxylation is 1. The lowest BCUT2D eigenvalue weighted by Crippen LogP contribution is -2.39. The molecule has 0 bridgehead atoms. The molecule has 3 aromatic rings. The maximum atomic E-state index is 14.5. The van der Waals surface area contributed by atoms with Crippen molar-refractivity contribution < 1.29 is 28.2 Å². The molecule has 2 amide bonds. The highest BCUT2D eigenvalue weighted by Gasteiger charge is 2.34. The molecule has 2 aliphatic rings. The number of halogens is 1. The van der Waals surface area contributed by atoms with Crippen molar-refractivity contribution in [3.63, 3.8) is 0 Å². The van der Waals surface area contributed by atoms with Crippen LogP contribution in [0, 0.1) is 5.82 Å². The molecular formula is C23H23FN6O6. The van der Waals surface area contributed by atoms with Crippen molar-refractivity contribution in [3.8, 4) is 11.6 Å². The summed E-state index contributed by atoms with van der Waals surface area (Å²) < 4.78 is 32.2. The van der Waals surface area contributed by atoms with Crippen molar-refractivity contribution in [2.45, 2.75) is 19.1 Å². The van der Waals surface area contributed by atoms with Crippen LogP contribution in [0.5, 0.6) is 11.6 Å². The predicted molar refractivity (Wildman–Crippen MR) is 126 cm³/mol. The van der Waals surface area contributed by atoms with E-state index in [0.29, 0.717) is 17.4 Å². The van der Waals surface area contributed by atoms with Crippen molar-refractivity contribution >= 4 is 34.5 Å². The zero-order valence-corrected chi connectivity index (χ0v) is 19.5. The second-order valence-electron chi connectivity index (χ2n) is 8.50. The molecular weight excluding hydrogens is 475 g/mol. The third kappa shape index (κ3) is 4.52. The summed E-state index contributed by atoms with van der Waals surface area (Å²) in [5.74, 6) is -0.379. The second kappa shape index (κ2) is 9.41. The lowest BCUT2D eigenvalue weighted by Gasteiger charge is -2.19. The number of pyridine rings is 1. The van der Waals surface area contributed by atoms with Crippen LogP contribution in [0.25, 0.3) is 10.9 Å². The number of ether oxygens (including phenoxy) is 3. The first-order valence-corrected chi connectivity index (χ1v) is 11.2. The number of carbonyl (C=O) groups excluding carboxylic acids is 2. The van der Waals surface area contributed by atoms with Crippen LogP contribution < -0.4 is 30.6 Å². The van der Waals surface area contributed by atoms with Gasteiger partial charge in [-0.1, -0.05) is 0 Å². The highest BCUT2D eigenvalue weighted by atomic mass is 19.1.